The van der Waals surface area contributed by atoms with Gasteiger partial charge in [-0.25, -0.2) is 4.57 Å². The van der Waals surface area contributed by atoms with E-state index in [0.29, 0.717) is 11.5 Å². The Labute approximate surface area is 148 Å². The van der Waals surface area contributed by atoms with E-state index in [1.165, 1.54) is 11.1 Å². The average Bonchev–Trinajstić information content (AvgIpc) is 2.59. The van der Waals surface area contributed by atoms with E-state index in [4.69, 9.17) is 20.9 Å². The maximum atomic E-state index is 12.5. The lowest BCUT2D eigenvalue weighted by Gasteiger charge is -2.16. The van der Waals surface area contributed by atoms with E-state index in [0.717, 1.165) is 25.7 Å². The number of hydrogen-bond donors (Lipinski definition) is 0. The molecule has 0 aromatic heterocycles. The van der Waals surface area contributed by atoms with Crippen LogP contribution in [0.4, 0.5) is 0 Å². The highest BCUT2D eigenvalue weighted by molar-refractivity contribution is 7.50. The summed E-state index contributed by atoms with van der Waals surface area (Å²) in [5.41, 5.74) is 2.36. The molecule has 0 radical (unpaired) electrons. The number of aryl methyl sites for hydroxylation is 2. The van der Waals surface area contributed by atoms with Crippen molar-refractivity contribution in [2.24, 2.45) is 0 Å². The van der Waals surface area contributed by atoms with Crippen LogP contribution >= 0.6 is 19.7 Å². The van der Waals surface area contributed by atoms with Gasteiger partial charge in [-0.05, 0) is 48.2 Å². The maximum Gasteiger partial charge on any atom is 0.604 e. The molecule has 2 aromatic carbocycles. The topological polar surface area (TPSA) is 44.8 Å². The van der Waals surface area contributed by atoms with Crippen LogP contribution in [0.3, 0.4) is 0 Å². The standard InChI is InChI=1S/C18H22ClO4P/c1-3-5-15-7-11-17(12-8-15)21-24(20,23-19)22-18-13-9-16(6-4-2)10-14-18/h7-14H,3-6H2,1-2H3. The van der Waals surface area contributed by atoms with Crippen molar-refractivity contribution in [1.29, 1.82) is 0 Å². The fourth-order valence-electron chi connectivity index (χ4n) is 2.32. The molecule has 0 spiro atoms. The van der Waals surface area contributed by atoms with E-state index >= 15 is 0 Å². The van der Waals surface area contributed by atoms with Gasteiger partial charge in [-0.1, -0.05) is 51.0 Å². The van der Waals surface area contributed by atoms with Crippen LogP contribution in [0.25, 0.3) is 0 Å². The molecule has 130 valence electrons. The van der Waals surface area contributed by atoms with Crippen LogP contribution in [0.1, 0.15) is 37.8 Å². The van der Waals surface area contributed by atoms with Crippen LogP contribution in [0.5, 0.6) is 11.5 Å². The minimum Gasteiger partial charge on any atom is -0.394 e. The first-order chi connectivity index (χ1) is 11.6. The summed E-state index contributed by atoms with van der Waals surface area (Å²) < 4.78 is 27.7. The molecule has 0 atom stereocenters. The SMILES string of the molecule is CCCc1ccc(OP(=O)(OCl)Oc2ccc(CCC)cc2)cc1. The minimum atomic E-state index is -3.94. The van der Waals surface area contributed by atoms with Gasteiger partial charge >= 0.3 is 7.82 Å². The molecule has 2 rings (SSSR count). The second-order valence-corrected chi connectivity index (χ2v) is 7.30. The molecule has 0 amide bonds. The third-order valence-electron chi connectivity index (χ3n) is 3.44. The molecule has 0 N–H and O–H groups in total. The lowest BCUT2D eigenvalue weighted by molar-refractivity contribution is 0.308. The molecule has 0 saturated carbocycles. The van der Waals surface area contributed by atoms with E-state index in [1.54, 1.807) is 24.3 Å². The Morgan fingerprint density at radius 2 is 1.17 bits per heavy atom. The zero-order chi connectivity index (χ0) is 17.4. The van der Waals surface area contributed by atoms with Crippen LogP contribution in [0.2, 0.25) is 0 Å². The van der Waals surface area contributed by atoms with Crippen molar-refractivity contribution < 1.29 is 17.7 Å². The Bertz CT molecular complexity index is 615. The van der Waals surface area contributed by atoms with Gasteiger partial charge in [0.05, 0.1) is 11.9 Å². The van der Waals surface area contributed by atoms with Crippen molar-refractivity contribution in [2.75, 3.05) is 0 Å². The van der Waals surface area contributed by atoms with Crippen LogP contribution in [-0.4, -0.2) is 0 Å². The zero-order valence-corrected chi connectivity index (χ0v) is 15.6. The van der Waals surface area contributed by atoms with Gasteiger partial charge in [-0.3, -0.25) is 0 Å². The van der Waals surface area contributed by atoms with Gasteiger partial charge in [0, 0.05) is 0 Å². The van der Waals surface area contributed by atoms with Crippen molar-refractivity contribution >= 4 is 19.7 Å². The van der Waals surface area contributed by atoms with E-state index in [2.05, 4.69) is 17.9 Å². The maximum absolute atomic E-state index is 12.5. The van der Waals surface area contributed by atoms with Crippen molar-refractivity contribution in [2.45, 2.75) is 39.5 Å². The molecule has 0 unspecified atom stereocenters. The molecular formula is C18H22ClO4P. The second-order valence-electron chi connectivity index (χ2n) is 5.49. The summed E-state index contributed by atoms with van der Waals surface area (Å²) in [6.07, 6.45) is 4.07. The number of rotatable bonds is 9. The highest BCUT2D eigenvalue weighted by Crippen LogP contribution is 2.50. The highest BCUT2D eigenvalue weighted by atomic mass is 35.5. The fraction of sp³-hybridized carbons (Fsp3) is 0.333. The van der Waals surface area contributed by atoms with Crippen LogP contribution in [-0.2, 0) is 21.5 Å². The Hall–Kier alpha value is -1.48. The summed E-state index contributed by atoms with van der Waals surface area (Å²) >= 11 is 5.36. The van der Waals surface area contributed by atoms with Crippen molar-refractivity contribution in [3.05, 3.63) is 59.7 Å². The highest BCUT2D eigenvalue weighted by Gasteiger charge is 2.31. The van der Waals surface area contributed by atoms with E-state index in [-0.39, 0.29) is 0 Å². The van der Waals surface area contributed by atoms with Crippen LogP contribution < -0.4 is 9.05 Å². The summed E-state index contributed by atoms with van der Waals surface area (Å²) in [7, 11) is -3.94. The van der Waals surface area contributed by atoms with Gasteiger partial charge in [-0.2, -0.15) is 4.08 Å². The Morgan fingerprint density at radius 1 is 0.792 bits per heavy atom. The molecular weight excluding hydrogens is 347 g/mol. The summed E-state index contributed by atoms with van der Waals surface area (Å²) in [4.78, 5) is 0. The number of benzene rings is 2. The van der Waals surface area contributed by atoms with E-state index < -0.39 is 7.82 Å². The van der Waals surface area contributed by atoms with Crippen molar-refractivity contribution in [3.63, 3.8) is 0 Å². The average molecular weight is 369 g/mol. The van der Waals surface area contributed by atoms with E-state index in [1.807, 2.05) is 24.3 Å². The lowest BCUT2D eigenvalue weighted by atomic mass is 10.1. The number of hydrogen-bond acceptors (Lipinski definition) is 4. The zero-order valence-electron chi connectivity index (χ0n) is 13.9. The lowest BCUT2D eigenvalue weighted by Crippen LogP contribution is -2.01. The van der Waals surface area contributed by atoms with Gasteiger partial charge < -0.3 is 9.05 Å². The molecule has 0 aliphatic rings. The smallest absolute Gasteiger partial charge is 0.394 e. The summed E-state index contributed by atoms with van der Waals surface area (Å²) in [5.74, 6) is 0.753. The molecule has 0 fully saturated rings. The van der Waals surface area contributed by atoms with E-state index in [9.17, 15) is 4.57 Å². The quantitative estimate of drug-likeness (QED) is 0.485. The first-order valence-electron chi connectivity index (χ1n) is 8.06. The third kappa shape index (κ3) is 5.55. The predicted octanol–water partition coefficient (Wildman–Crippen LogP) is 6.33. The molecule has 24 heavy (non-hydrogen) atoms. The first kappa shape index (κ1) is 18.9. The minimum absolute atomic E-state index is 0.376. The summed E-state index contributed by atoms with van der Waals surface area (Å²) in [6, 6.07) is 14.5. The Morgan fingerprint density at radius 3 is 1.46 bits per heavy atom. The molecule has 4 nitrogen and oxygen atoms in total. The third-order valence-corrected chi connectivity index (χ3v) is 4.99. The first-order valence-corrected chi connectivity index (χ1v) is 9.83. The Kier molecular flexibility index (Phi) is 7.16. The van der Waals surface area contributed by atoms with Crippen LogP contribution in [0, 0.1) is 0 Å². The second kappa shape index (κ2) is 9.12. The fourth-order valence-corrected chi connectivity index (χ4v) is 3.34. The van der Waals surface area contributed by atoms with Crippen molar-refractivity contribution in [3.8, 4) is 11.5 Å². The predicted molar refractivity (Wildman–Crippen MR) is 96.7 cm³/mol. The molecule has 0 bridgehead atoms. The Balaban J connectivity index is 2.05. The van der Waals surface area contributed by atoms with Crippen molar-refractivity contribution in [1.82, 2.24) is 0 Å². The molecule has 0 aliphatic heterocycles. The molecule has 0 aliphatic carbocycles. The van der Waals surface area contributed by atoms with Gasteiger partial charge in [0.25, 0.3) is 0 Å². The molecule has 0 saturated heterocycles. The number of halogens is 1. The summed E-state index contributed by atoms with van der Waals surface area (Å²) in [5, 5.41) is 0. The summed E-state index contributed by atoms with van der Waals surface area (Å²) in [6.45, 7) is 4.22. The monoisotopic (exact) mass is 368 g/mol. The molecule has 6 heteroatoms. The van der Waals surface area contributed by atoms with Crippen LogP contribution in [0.15, 0.2) is 48.5 Å². The molecule has 2 aromatic rings. The number of phosphoric ester groups is 1. The largest absolute Gasteiger partial charge is 0.604 e. The van der Waals surface area contributed by atoms with Gasteiger partial charge in [0.2, 0.25) is 0 Å². The van der Waals surface area contributed by atoms with Gasteiger partial charge in [-0.15, -0.1) is 0 Å². The van der Waals surface area contributed by atoms with Gasteiger partial charge in [0.1, 0.15) is 11.5 Å². The normalized spacial score (nSPS) is 11.3. The molecule has 0 heterocycles. The van der Waals surface area contributed by atoms with Gasteiger partial charge in [0.15, 0.2) is 0 Å². The number of phosphoric acid groups is 1.